The Labute approximate surface area is 126 Å². The van der Waals surface area contributed by atoms with Gasteiger partial charge in [-0.05, 0) is 37.1 Å². The third-order valence-corrected chi connectivity index (χ3v) is 3.82. The van der Waals surface area contributed by atoms with E-state index in [-0.39, 0.29) is 24.2 Å². The first kappa shape index (κ1) is 16.8. The zero-order valence-electron chi connectivity index (χ0n) is 12.0. The van der Waals surface area contributed by atoms with Crippen LogP contribution in [0.5, 0.6) is 5.75 Å². The van der Waals surface area contributed by atoms with Crippen LogP contribution >= 0.6 is 12.4 Å². The highest BCUT2D eigenvalue weighted by atomic mass is 35.5. The lowest BCUT2D eigenvalue weighted by atomic mass is 9.88. The quantitative estimate of drug-likeness (QED) is 0.839. The van der Waals surface area contributed by atoms with Gasteiger partial charge in [0, 0.05) is 12.5 Å². The van der Waals surface area contributed by atoms with Crippen LogP contribution in [0.25, 0.3) is 0 Å². The number of hydrogen-bond acceptors (Lipinski definition) is 3. The standard InChI is InChI=1S/C15H22N2O2.ClH/c1-11(13-9-16-10-13)15(18)17-8-7-12-5-3-4-6-14(12)19-2;/h3-6,11,13,16H,7-10H2,1-2H3,(H,17,18);1H. The number of rotatable bonds is 6. The van der Waals surface area contributed by atoms with Crippen LogP contribution in [0.4, 0.5) is 0 Å². The number of amides is 1. The summed E-state index contributed by atoms with van der Waals surface area (Å²) in [6.45, 7) is 4.58. The third-order valence-electron chi connectivity index (χ3n) is 3.82. The Balaban J connectivity index is 0.00000200. The SMILES string of the molecule is COc1ccccc1CCNC(=O)C(C)C1CNC1.Cl. The highest BCUT2D eigenvalue weighted by Gasteiger charge is 2.28. The zero-order chi connectivity index (χ0) is 13.7. The molecule has 1 fully saturated rings. The van der Waals surface area contributed by atoms with Gasteiger partial charge >= 0.3 is 0 Å². The van der Waals surface area contributed by atoms with Crippen molar-refractivity contribution in [2.45, 2.75) is 13.3 Å². The lowest BCUT2D eigenvalue weighted by molar-refractivity contribution is -0.126. The van der Waals surface area contributed by atoms with Crippen LogP contribution in [0.1, 0.15) is 12.5 Å². The minimum Gasteiger partial charge on any atom is -0.496 e. The fourth-order valence-electron chi connectivity index (χ4n) is 2.27. The molecule has 2 N–H and O–H groups in total. The molecule has 5 heteroatoms. The van der Waals surface area contributed by atoms with E-state index in [1.54, 1.807) is 7.11 Å². The van der Waals surface area contributed by atoms with Crippen LogP contribution in [0.15, 0.2) is 24.3 Å². The second kappa shape index (κ2) is 8.12. The van der Waals surface area contributed by atoms with E-state index in [0.29, 0.717) is 12.5 Å². The van der Waals surface area contributed by atoms with Crippen LogP contribution in [0.3, 0.4) is 0 Å². The molecule has 4 nitrogen and oxygen atoms in total. The van der Waals surface area contributed by atoms with Crippen molar-refractivity contribution in [2.24, 2.45) is 11.8 Å². The van der Waals surface area contributed by atoms with Crippen LogP contribution < -0.4 is 15.4 Å². The van der Waals surface area contributed by atoms with Crippen molar-refractivity contribution in [3.8, 4) is 5.75 Å². The lowest BCUT2D eigenvalue weighted by Gasteiger charge is -2.31. The van der Waals surface area contributed by atoms with Gasteiger partial charge in [0.05, 0.1) is 7.11 Å². The van der Waals surface area contributed by atoms with E-state index in [2.05, 4.69) is 10.6 Å². The maximum absolute atomic E-state index is 12.0. The van der Waals surface area contributed by atoms with Crippen molar-refractivity contribution < 1.29 is 9.53 Å². The van der Waals surface area contributed by atoms with E-state index in [1.807, 2.05) is 31.2 Å². The molecule has 0 bridgehead atoms. The van der Waals surface area contributed by atoms with Crippen molar-refractivity contribution >= 4 is 18.3 Å². The van der Waals surface area contributed by atoms with Gasteiger partial charge in [0.25, 0.3) is 0 Å². The summed E-state index contributed by atoms with van der Waals surface area (Å²) < 4.78 is 5.29. The summed E-state index contributed by atoms with van der Waals surface area (Å²) >= 11 is 0. The molecule has 1 aliphatic heterocycles. The largest absolute Gasteiger partial charge is 0.496 e. The molecule has 0 saturated carbocycles. The molecule has 1 aromatic rings. The molecule has 0 aromatic heterocycles. The van der Waals surface area contributed by atoms with E-state index in [0.717, 1.165) is 30.8 Å². The van der Waals surface area contributed by atoms with Crippen LogP contribution in [0, 0.1) is 11.8 Å². The second-order valence-electron chi connectivity index (χ2n) is 5.06. The van der Waals surface area contributed by atoms with Crippen LogP contribution in [0.2, 0.25) is 0 Å². The van der Waals surface area contributed by atoms with E-state index in [1.165, 1.54) is 0 Å². The van der Waals surface area contributed by atoms with Crippen molar-refractivity contribution in [3.05, 3.63) is 29.8 Å². The molecule has 1 atom stereocenters. The minimum absolute atomic E-state index is 0. The molecule has 0 radical (unpaired) electrons. The first-order valence-corrected chi connectivity index (χ1v) is 6.82. The summed E-state index contributed by atoms with van der Waals surface area (Å²) in [5, 5.41) is 6.21. The Kier molecular flexibility index (Phi) is 6.82. The maximum Gasteiger partial charge on any atom is 0.223 e. The summed E-state index contributed by atoms with van der Waals surface area (Å²) in [4.78, 5) is 12.0. The number of carbonyl (C=O) groups excluding carboxylic acids is 1. The number of benzene rings is 1. The van der Waals surface area contributed by atoms with Gasteiger partial charge in [-0.2, -0.15) is 0 Å². The molecule has 1 aromatic carbocycles. The van der Waals surface area contributed by atoms with Crippen molar-refractivity contribution in [1.29, 1.82) is 0 Å². The smallest absolute Gasteiger partial charge is 0.223 e. The van der Waals surface area contributed by atoms with E-state index < -0.39 is 0 Å². The average Bonchev–Trinajstić information content (AvgIpc) is 2.37. The lowest BCUT2D eigenvalue weighted by Crippen LogP contribution is -2.49. The van der Waals surface area contributed by atoms with Gasteiger partial charge in [-0.15, -0.1) is 12.4 Å². The fourth-order valence-corrected chi connectivity index (χ4v) is 2.27. The highest BCUT2D eigenvalue weighted by molar-refractivity contribution is 5.85. The summed E-state index contributed by atoms with van der Waals surface area (Å²) in [6.07, 6.45) is 0.797. The average molecular weight is 299 g/mol. The Hall–Kier alpha value is -1.26. The van der Waals surface area contributed by atoms with Gasteiger partial charge in [-0.3, -0.25) is 4.79 Å². The maximum atomic E-state index is 12.0. The number of halogens is 1. The molecule has 1 saturated heterocycles. The number of methoxy groups -OCH3 is 1. The summed E-state index contributed by atoms with van der Waals surface area (Å²) in [6, 6.07) is 7.92. The number of carbonyl (C=O) groups is 1. The van der Waals surface area contributed by atoms with Gasteiger partial charge in [-0.1, -0.05) is 25.1 Å². The molecule has 0 aliphatic carbocycles. The Morgan fingerprint density at radius 2 is 2.15 bits per heavy atom. The topological polar surface area (TPSA) is 50.4 Å². The summed E-state index contributed by atoms with van der Waals surface area (Å²) in [5.74, 6) is 1.62. The Morgan fingerprint density at radius 1 is 1.45 bits per heavy atom. The van der Waals surface area contributed by atoms with Gasteiger partial charge in [0.2, 0.25) is 5.91 Å². The Morgan fingerprint density at radius 3 is 2.75 bits per heavy atom. The monoisotopic (exact) mass is 298 g/mol. The number of ether oxygens (including phenoxy) is 1. The minimum atomic E-state index is 0. The number of nitrogens with one attached hydrogen (secondary N) is 2. The molecule has 20 heavy (non-hydrogen) atoms. The molecular formula is C15H23ClN2O2. The zero-order valence-corrected chi connectivity index (χ0v) is 12.8. The fraction of sp³-hybridized carbons (Fsp3) is 0.533. The van der Waals surface area contributed by atoms with E-state index in [4.69, 9.17) is 4.74 Å². The van der Waals surface area contributed by atoms with Gasteiger partial charge in [-0.25, -0.2) is 0 Å². The molecule has 112 valence electrons. The first-order valence-electron chi connectivity index (χ1n) is 6.82. The van der Waals surface area contributed by atoms with Crippen LogP contribution in [-0.2, 0) is 11.2 Å². The Bertz CT molecular complexity index is 436. The molecule has 1 amide bonds. The van der Waals surface area contributed by atoms with Gasteiger partial charge in [0.15, 0.2) is 0 Å². The predicted octanol–water partition coefficient (Wildman–Crippen LogP) is 1.63. The summed E-state index contributed by atoms with van der Waals surface area (Å²) in [5.41, 5.74) is 1.13. The molecule has 1 heterocycles. The van der Waals surface area contributed by atoms with E-state index >= 15 is 0 Å². The molecule has 2 rings (SSSR count). The number of para-hydroxylation sites is 1. The molecule has 0 spiro atoms. The van der Waals surface area contributed by atoms with E-state index in [9.17, 15) is 4.79 Å². The van der Waals surface area contributed by atoms with Gasteiger partial charge in [0.1, 0.15) is 5.75 Å². The predicted molar refractivity (Wildman–Crippen MR) is 82.5 cm³/mol. The normalized spacial score (nSPS) is 15.7. The van der Waals surface area contributed by atoms with Crippen molar-refractivity contribution in [3.63, 3.8) is 0 Å². The van der Waals surface area contributed by atoms with Crippen molar-refractivity contribution in [2.75, 3.05) is 26.7 Å². The molecule has 1 unspecified atom stereocenters. The second-order valence-corrected chi connectivity index (χ2v) is 5.06. The summed E-state index contributed by atoms with van der Waals surface area (Å²) in [7, 11) is 1.67. The highest BCUT2D eigenvalue weighted by Crippen LogP contribution is 2.18. The van der Waals surface area contributed by atoms with Crippen molar-refractivity contribution in [1.82, 2.24) is 10.6 Å². The third kappa shape index (κ3) is 4.12. The first-order chi connectivity index (χ1) is 9.22. The van der Waals surface area contributed by atoms with Gasteiger partial charge < -0.3 is 15.4 Å². The number of hydrogen-bond donors (Lipinski definition) is 2. The van der Waals surface area contributed by atoms with Crippen LogP contribution in [-0.4, -0.2) is 32.7 Å². The molecule has 1 aliphatic rings. The molecular weight excluding hydrogens is 276 g/mol.